The van der Waals surface area contributed by atoms with E-state index < -0.39 is 17.9 Å². The van der Waals surface area contributed by atoms with E-state index in [1.54, 1.807) is 36.4 Å². The van der Waals surface area contributed by atoms with Gasteiger partial charge in [-0.15, -0.1) is 0 Å². The number of methoxy groups -OCH3 is 2. The fraction of sp³-hybridized carbons (Fsp3) is 0.250. The van der Waals surface area contributed by atoms with Crippen LogP contribution in [0.5, 0.6) is 0 Å². The summed E-state index contributed by atoms with van der Waals surface area (Å²) in [5, 5.41) is 2.57. The number of ketones is 1. The zero-order valence-electron chi connectivity index (χ0n) is 14.7. The fourth-order valence-corrected chi connectivity index (χ4v) is 2.49. The summed E-state index contributed by atoms with van der Waals surface area (Å²) in [5.74, 6) is -1.02. The molecule has 0 bridgehead atoms. The number of carbonyl (C=O) groups excluding carboxylic acids is 3. The highest BCUT2D eigenvalue weighted by Crippen LogP contribution is 2.12. The first kappa shape index (κ1) is 19.3. The minimum Gasteiger partial charge on any atom is -0.467 e. The van der Waals surface area contributed by atoms with Gasteiger partial charge in [0.2, 0.25) is 5.91 Å². The summed E-state index contributed by atoms with van der Waals surface area (Å²) in [7, 11) is 2.66. The largest absolute Gasteiger partial charge is 0.467 e. The second kappa shape index (κ2) is 9.48. The SMILES string of the molecule is COCC(=O)N[C@@H](Cc1ccc(C(=O)c2ccccc2)cc1)C(=O)OC. The van der Waals surface area contributed by atoms with E-state index in [-0.39, 0.29) is 18.8 Å². The molecule has 0 aromatic heterocycles. The molecule has 0 aliphatic heterocycles. The van der Waals surface area contributed by atoms with E-state index in [1.165, 1.54) is 14.2 Å². The molecule has 0 unspecified atom stereocenters. The van der Waals surface area contributed by atoms with Crippen molar-refractivity contribution in [3.63, 3.8) is 0 Å². The van der Waals surface area contributed by atoms with Gasteiger partial charge in [-0.2, -0.15) is 0 Å². The van der Waals surface area contributed by atoms with Gasteiger partial charge in [0.05, 0.1) is 7.11 Å². The van der Waals surface area contributed by atoms with E-state index in [0.717, 1.165) is 5.56 Å². The average Bonchev–Trinajstić information content (AvgIpc) is 2.67. The Morgan fingerprint density at radius 3 is 2.12 bits per heavy atom. The monoisotopic (exact) mass is 355 g/mol. The number of esters is 1. The normalized spacial score (nSPS) is 11.5. The van der Waals surface area contributed by atoms with E-state index >= 15 is 0 Å². The number of rotatable bonds is 8. The molecule has 1 N–H and O–H groups in total. The first-order valence-electron chi connectivity index (χ1n) is 8.10. The summed E-state index contributed by atoms with van der Waals surface area (Å²) in [6.07, 6.45) is 0.252. The standard InChI is InChI=1S/C20H21NO5/c1-25-13-18(22)21-17(20(24)26-2)12-14-8-10-16(11-9-14)19(23)15-6-4-3-5-7-15/h3-11,17H,12-13H2,1-2H3,(H,21,22)/t17-/m0/s1. The highest BCUT2D eigenvalue weighted by molar-refractivity contribution is 6.08. The molecule has 0 aliphatic rings. The van der Waals surface area contributed by atoms with Crippen LogP contribution in [0.2, 0.25) is 0 Å². The predicted molar refractivity (Wildman–Crippen MR) is 95.8 cm³/mol. The summed E-state index contributed by atoms with van der Waals surface area (Å²) in [6, 6.07) is 15.1. The van der Waals surface area contributed by atoms with E-state index in [1.807, 2.05) is 18.2 Å². The van der Waals surface area contributed by atoms with Crippen LogP contribution in [0.1, 0.15) is 21.5 Å². The van der Waals surface area contributed by atoms with E-state index in [0.29, 0.717) is 11.1 Å². The van der Waals surface area contributed by atoms with Crippen molar-refractivity contribution < 1.29 is 23.9 Å². The van der Waals surface area contributed by atoms with Gasteiger partial charge in [0.25, 0.3) is 0 Å². The molecular formula is C20H21NO5. The first-order valence-corrected chi connectivity index (χ1v) is 8.10. The van der Waals surface area contributed by atoms with Crippen LogP contribution in [-0.2, 0) is 25.5 Å². The van der Waals surface area contributed by atoms with Gasteiger partial charge in [0.1, 0.15) is 12.6 Å². The fourth-order valence-electron chi connectivity index (χ4n) is 2.49. The van der Waals surface area contributed by atoms with Crippen molar-refractivity contribution in [3.05, 3.63) is 71.3 Å². The third kappa shape index (κ3) is 5.26. The molecular weight excluding hydrogens is 334 g/mol. The maximum Gasteiger partial charge on any atom is 0.328 e. The van der Waals surface area contributed by atoms with Crippen molar-refractivity contribution in [2.24, 2.45) is 0 Å². The van der Waals surface area contributed by atoms with Gasteiger partial charge in [-0.1, -0.05) is 54.6 Å². The molecule has 6 nitrogen and oxygen atoms in total. The zero-order valence-corrected chi connectivity index (χ0v) is 14.7. The highest BCUT2D eigenvalue weighted by atomic mass is 16.5. The van der Waals surface area contributed by atoms with Crippen LogP contribution in [0.3, 0.4) is 0 Å². The molecule has 0 spiro atoms. The Hall–Kier alpha value is -2.99. The van der Waals surface area contributed by atoms with Gasteiger partial charge in [0, 0.05) is 24.7 Å². The second-order valence-corrected chi connectivity index (χ2v) is 5.67. The summed E-state index contributed by atoms with van der Waals surface area (Å²) < 4.78 is 9.49. The summed E-state index contributed by atoms with van der Waals surface area (Å²) >= 11 is 0. The lowest BCUT2D eigenvalue weighted by Crippen LogP contribution is -2.44. The molecule has 136 valence electrons. The quantitative estimate of drug-likeness (QED) is 0.576. The second-order valence-electron chi connectivity index (χ2n) is 5.67. The molecule has 2 rings (SSSR count). The van der Waals surface area contributed by atoms with E-state index in [9.17, 15) is 14.4 Å². The summed E-state index contributed by atoms with van der Waals surface area (Å²) in [4.78, 5) is 36.0. The average molecular weight is 355 g/mol. The summed E-state index contributed by atoms with van der Waals surface area (Å²) in [5.41, 5.74) is 1.96. The van der Waals surface area contributed by atoms with Crippen molar-refractivity contribution >= 4 is 17.7 Å². The van der Waals surface area contributed by atoms with Crippen LogP contribution in [0.4, 0.5) is 0 Å². The van der Waals surface area contributed by atoms with Crippen molar-refractivity contribution in [2.75, 3.05) is 20.8 Å². The smallest absolute Gasteiger partial charge is 0.328 e. The maximum absolute atomic E-state index is 12.4. The summed E-state index contributed by atoms with van der Waals surface area (Å²) in [6.45, 7) is -0.141. The molecule has 26 heavy (non-hydrogen) atoms. The molecule has 1 atom stereocenters. The molecule has 6 heteroatoms. The number of benzene rings is 2. The third-order valence-electron chi connectivity index (χ3n) is 3.79. The van der Waals surface area contributed by atoms with E-state index in [4.69, 9.17) is 9.47 Å². The number of carbonyl (C=O) groups is 3. The first-order chi connectivity index (χ1) is 12.5. The maximum atomic E-state index is 12.4. The Morgan fingerprint density at radius 2 is 1.54 bits per heavy atom. The molecule has 0 heterocycles. The Morgan fingerprint density at radius 1 is 0.923 bits per heavy atom. The third-order valence-corrected chi connectivity index (χ3v) is 3.79. The number of hydrogen-bond acceptors (Lipinski definition) is 5. The Bertz CT molecular complexity index is 756. The van der Waals surface area contributed by atoms with Crippen molar-refractivity contribution in [3.8, 4) is 0 Å². The minimum absolute atomic E-state index is 0.0740. The Labute approximate surface area is 152 Å². The van der Waals surface area contributed by atoms with Gasteiger partial charge >= 0.3 is 5.97 Å². The Kier molecular flexibility index (Phi) is 7.05. The van der Waals surface area contributed by atoms with Crippen molar-refractivity contribution in [2.45, 2.75) is 12.5 Å². The van der Waals surface area contributed by atoms with Gasteiger partial charge in [-0.05, 0) is 5.56 Å². The lowest BCUT2D eigenvalue weighted by atomic mass is 9.99. The molecule has 0 radical (unpaired) electrons. The number of hydrogen-bond donors (Lipinski definition) is 1. The highest BCUT2D eigenvalue weighted by Gasteiger charge is 2.22. The van der Waals surface area contributed by atoms with Crippen molar-refractivity contribution in [1.29, 1.82) is 0 Å². The topological polar surface area (TPSA) is 81.7 Å². The number of amides is 1. The van der Waals surface area contributed by atoms with Gasteiger partial charge in [0.15, 0.2) is 5.78 Å². The molecule has 2 aromatic carbocycles. The van der Waals surface area contributed by atoms with Crippen LogP contribution in [0.15, 0.2) is 54.6 Å². The molecule has 0 saturated heterocycles. The van der Waals surface area contributed by atoms with Gasteiger partial charge in [-0.3, -0.25) is 9.59 Å². The molecule has 0 fully saturated rings. The molecule has 0 aliphatic carbocycles. The van der Waals surface area contributed by atoms with Crippen LogP contribution in [0.25, 0.3) is 0 Å². The van der Waals surface area contributed by atoms with Crippen LogP contribution >= 0.6 is 0 Å². The minimum atomic E-state index is -0.821. The lowest BCUT2D eigenvalue weighted by molar-refractivity contribution is -0.145. The van der Waals surface area contributed by atoms with E-state index in [2.05, 4.69) is 5.32 Å². The van der Waals surface area contributed by atoms with Crippen LogP contribution < -0.4 is 5.32 Å². The molecule has 2 aromatic rings. The molecule has 0 saturated carbocycles. The lowest BCUT2D eigenvalue weighted by Gasteiger charge is -2.16. The van der Waals surface area contributed by atoms with Crippen LogP contribution in [0, 0.1) is 0 Å². The van der Waals surface area contributed by atoms with Crippen molar-refractivity contribution in [1.82, 2.24) is 5.32 Å². The van der Waals surface area contributed by atoms with Gasteiger partial charge < -0.3 is 14.8 Å². The Balaban J connectivity index is 2.09. The number of ether oxygens (including phenoxy) is 2. The van der Waals surface area contributed by atoms with Crippen LogP contribution in [-0.4, -0.2) is 44.5 Å². The molecule has 1 amide bonds. The predicted octanol–water partition coefficient (Wildman–Crippen LogP) is 1.76. The van der Waals surface area contributed by atoms with Gasteiger partial charge in [-0.25, -0.2) is 4.79 Å². The zero-order chi connectivity index (χ0) is 18.9. The number of nitrogens with one attached hydrogen (secondary N) is 1.